The zero-order chi connectivity index (χ0) is 23.8. The molecule has 0 amide bonds. The summed E-state index contributed by atoms with van der Waals surface area (Å²) in [5.74, 6) is 0.303. The van der Waals surface area contributed by atoms with Gasteiger partial charge in [-0.3, -0.25) is 0 Å². The number of nitrogens with zero attached hydrogens (tertiary/aromatic N) is 1. The van der Waals surface area contributed by atoms with Crippen LogP contribution in [-0.4, -0.2) is 33.2 Å². The Morgan fingerprint density at radius 2 is 1.71 bits per heavy atom. The highest BCUT2D eigenvalue weighted by atomic mass is 19.1. The van der Waals surface area contributed by atoms with Gasteiger partial charge in [0.05, 0.1) is 24.8 Å². The number of aryl methyl sites for hydroxylation is 3. The number of hydrogen-bond donors (Lipinski definition) is 0. The molecule has 0 bridgehead atoms. The molecule has 4 nitrogen and oxygen atoms in total. The van der Waals surface area contributed by atoms with E-state index in [9.17, 15) is 0 Å². The zero-order valence-electron chi connectivity index (χ0n) is 19.8. The SMILES string of the molecule is COCCCC1COC(CCc2ccc3c(F)c(CCc4ccc(C#N)cc4)ccc3c2)OC1. The molecule has 1 aliphatic rings. The standard InChI is InChI=1S/C29H32FNO3/c1-32-16-2-3-24-19-33-28(34-20-24)15-10-22-9-14-27-26(17-22)13-12-25(29(27)30)11-8-21-4-6-23(18-31)7-5-21/h4-7,9,12-14,17,24,28H,2-3,8,10-11,15-16,19-20H2,1H3. The highest BCUT2D eigenvalue weighted by Crippen LogP contribution is 2.25. The Balaban J connectivity index is 1.30. The van der Waals surface area contributed by atoms with Crippen molar-refractivity contribution in [2.24, 2.45) is 5.92 Å². The number of fused-ring (bicyclic) bond motifs is 1. The second-order valence-corrected chi connectivity index (χ2v) is 9.04. The zero-order valence-corrected chi connectivity index (χ0v) is 19.8. The summed E-state index contributed by atoms with van der Waals surface area (Å²) in [7, 11) is 1.73. The first kappa shape index (κ1) is 24.3. The average molecular weight is 462 g/mol. The average Bonchev–Trinajstić information content (AvgIpc) is 2.88. The van der Waals surface area contributed by atoms with E-state index in [1.807, 2.05) is 36.4 Å². The number of hydrogen-bond acceptors (Lipinski definition) is 4. The number of methoxy groups -OCH3 is 1. The second kappa shape index (κ2) is 12.1. The van der Waals surface area contributed by atoms with Gasteiger partial charge < -0.3 is 14.2 Å². The van der Waals surface area contributed by atoms with Crippen molar-refractivity contribution < 1.29 is 18.6 Å². The molecule has 1 aliphatic heterocycles. The number of nitriles is 1. The van der Waals surface area contributed by atoms with Crippen LogP contribution in [0.5, 0.6) is 0 Å². The summed E-state index contributed by atoms with van der Waals surface area (Å²) >= 11 is 0. The quantitative estimate of drug-likeness (QED) is 0.348. The van der Waals surface area contributed by atoms with Crippen LogP contribution in [0.25, 0.3) is 10.8 Å². The van der Waals surface area contributed by atoms with Crippen LogP contribution in [0.4, 0.5) is 4.39 Å². The summed E-state index contributed by atoms with van der Waals surface area (Å²) in [4.78, 5) is 0. The van der Waals surface area contributed by atoms with E-state index in [-0.39, 0.29) is 12.1 Å². The molecular formula is C29H32FNO3. The third-order valence-corrected chi connectivity index (χ3v) is 6.53. The lowest BCUT2D eigenvalue weighted by atomic mass is 9.98. The first-order chi connectivity index (χ1) is 16.7. The maximum atomic E-state index is 15.2. The van der Waals surface area contributed by atoms with E-state index in [2.05, 4.69) is 12.1 Å². The Kier molecular flexibility index (Phi) is 8.65. The fourth-order valence-corrected chi connectivity index (χ4v) is 4.48. The summed E-state index contributed by atoms with van der Waals surface area (Å²) in [5.41, 5.74) is 3.61. The predicted octanol–water partition coefficient (Wildman–Crippen LogP) is 5.98. The van der Waals surface area contributed by atoms with Gasteiger partial charge in [0.1, 0.15) is 5.82 Å². The van der Waals surface area contributed by atoms with E-state index in [4.69, 9.17) is 19.5 Å². The summed E-state index contributed by atoms with van der Waals surface area (Å²) in [6, 6.07) is 19.5. The van der Waals surface area contributed by atoms with Crippen LogP contribution in [0.1, 0.15) is 41.5 Å². The molecule has 34 heavy (non-hydrogen) atoms. The molecule has 3 aromatic rings. The summed E-state index contributed by atoms with van der Waals surface area (Å²) in [6.45, 7) is 2.26. The van der Waals surface area contributed by atoms with Crippen molar-refractivity contribution >= 4 is 10.8 Å². The van der Waals surface area contributed by atoms with Crippen molar-refractivity contribution in [3.63, 3.8) is 0 Å². The number of benzene rings is 3. The van der Waals surface area contributed by atoms with E-state index < -0.39 is 0 Å². The van der Waals surface area contributed by atoms with Crippen LogP contribution in [-0.2, 0) is 33.5 Å². The molecule has 0 spiro atoms. The molecule has 0 aliphatic carbocycles. The van der Waals surface area contributed by atoms with Crippen LogP contribution >= 0.6 is 0 Å². The lowest BCUT2D eigenvalue weighted by molar-refractivity contribution is -0.203. The fourth-order valence-electron chi connectivity index (χ4n) is 4.48. The second-order valence-electron chi connectivity index (χ2n) is 9.04. The molecule has 5 heteroatoms. The van der Waals surface area contributed by atoms with Gasteiger partial charge in [-0.15, -0.1) is 0 Å². The molecule has 1 heterocycles. The van der Waals surface area contributed by atoms with Gasteiger partial charge in [0, 0.05) is 31.4 Å². The van der Waals surface area contributed by atoms with E-state index in [1.54, 1.807) is 19.2 Å². The Labute approximate surface area is 201 Å². The van der Waals surface area contributed by atoms with Gasteiger partial charge in [-0.2, -0.15) is 5.26 Å². The van der Waals surface area contributed by atoms with Crippen molar-refractivity contribution in [1.82, 2.24) is 0 Å². The first-order valence-corrected chi connectivity index (χ1v) is 12.1. The van der Waals surface area contributed by atoms with Gasteiger partial charge in [0.25, 0.3) is 0 Å². The molecule has 4 rings (SSSR count). The molecule has 178 valence electrons. The number of rotatable bonds is 10. The highest BCUT2D eigenvalue weighted by molar-refractivity contribution is 5.84. The van der Waals surface area contributed by atoms with Gasteiger partial charge >= 0.3 is 0 Å². The fraction of sp³-hybridized carbons (Fsp3) is 0.414. The molecule has 0 unspecified atom stereocenters. The summed E-state index contributed by atoms with van der Waals surface area (Å²) in [6.07, 6.45) is 4.91. The Bertz CT molecular complexity index is 1110. The maximum absolute atomic E-state index is 15.2. The van der Waals surface area contributed by atoms with Gasteiger partial charge in [0.15, 0.2) is 6.29 Å². The highest BCUT2D eigenvalue weighted by Gasteiger charge is 2.21. The lowest BCUT2D eigenvalue weighted by Gasteiger charge is -2.29. The van der Waals surface area contributed by atoms with Crippen LogP contribution in [0.3, 0.4) is 0 Å². The lowest BCUT2D eigenvalue weighted by Crippen LogP contribution is -2.32. The van der Waals surface area contributed by atoms with E-state index in [1.165, 1.54) is 0 Å². The van der Waals surface area contributed by atoms with Crippen molar-refractivity contribution in [3.8, 4) is 6.07 Å². The minimum atomic E-state index is -0.171. The van der Waals surface area contributed by atoms with Gasteiger partial charge in [-0.25, -0.2) is 4.39 Å². The Hall–Kier alpha value is -2.78. The minimum absolute atomic E-state index is 0.142. The largest absolute Gasteiger partial charge is 0.385 e. The topological polar surface area (TPSA) is 51.5 Å². The molecule has 0 radical (unpaired) electrons. The Morgan fingerprint density at radius 3 is 2.44 bits per heavy atom. The van der Waals surface area contributed by atoms with Gasteiger partial charge in [-0.05, 0) is 66.3 Å². The van der Waals surface area contributed by atoms with Gasteiger partial charge in [-0.1, -0.05) is 42.5 Å². The number of ether oxygens (including phenoxy) is 3. The molecular weight excluding hydrogens is 429 g/mol. The smallest absolute Gasteiger partial charge is 0.157 e. The third kappa shape index (κ3) is 6.42. The van der Waals surface area contributed by atoms with Crippen molar-refractivity contribution in [1.29, 1.82) is 5.26 Å². The van der Waals surface area contributed by atoms with Crippen LogP contribution in [0, 0.1) is 23.1 Å². The maximum Gasteiger partial charge on any atom is 0.157 e. The van der Waals surface area contributed by atoms with Crippen molar-refractivity contribution in [3.05, 3.63) is 82.7 Å². The first-order valence-electron chi connectivity index (χ1n) is 12.1. The normalized spacial score (nSPS) is 18.1. The Morgan fingerprint density at radius 1 is 0.941 bits per heavy atom. The van der Waals surface area contributed by atoms with Crippen molar-refractivity contribution in [2.75, 3.05) is 26.9 Å². The summed E-state index contributed by atoms with van der Waals surface area (Å²) < 4.78 is 32.1. The molecule has 0 saturated carbocycles. The van der Waals surface area contributed by atoms with Crippen molar-refractivity contribution in [2.45, 2.75) is 44.8 Å². The van der Waals surface area contributed by atoms with Gasteiger partial charge in [0.2, 0.25) is 0 Å². The molecule has 0 aromatic heterocycles. The molecule has 1 fully saturated rings. The van der Waals surface area contributed by atoms with Crippen LogP contribution in [0.15, 0.2) is 54.6 Å². The third-order valence-electron chi connectivity index (χ3n) is 6.53. The molecule has 0 atom stereocenters. The number of halogens is 1. The van der Waals surface area contributed by atoms with Crippen LogP contribution < -0.4 is 0 Å². The van der Waals surface area contributed by atoms with E-state index in [0.29, 0.717) is 28.9 Å². The molecule has 3 aromatic carbocycles. The predicted molar refractivity (Wildman–Crippen MR) is 131 cm³/mol. The van der Waals surface area contributed by atoms with Crippen LogP contribution in [0.2, 0.25) is 0 Å². The monoisotopic (exact) mass is 461 g/mol. The van der Waals surface area contributed by atoms with E-state index >= 15 is 4.39 Å². The van der Waals surface area contributed by atoms with E-state index in [0.717, 1.165) is 68.4 Å². The minimum Gasteiger partial charge on any atom is -0.385 e. The molecule has 1 saturated heterocycles. The summed E-state index contributed by atoms with van der Waals surface area (Å²) in [5, 5.41) is 10.5. The molecule has 0 N–H and O–H groups in total.